The Kier molecular flexibility index (Phi) is 3.84. The molecule has 0 saturated carbocycles. The summed E-state index contributed by atoms with van der Waals surface area (Å²) in [5.41, 5.74) is 0.359. The van der Waals surface area contributed by atoms with Crippen molar-refractivity contribution in [2.24, 2.45) is 0 Å². The van der Waals surface area contributed by atoms with E-state index in [0.717, 1.165) is 12.8 Å². The summed E-state index contributed by atoms with van der Waals surface area (Å²) >= 11 is 5.81. The number of carbonyl (C=O) groups is 1. The summed E-state index contributed by atoms with van der Waals surface area (Å²) in [5, 5.41) is 6.31. The Morgan fingerprint density at radius 2 is 2.29 bits per heavy atom. The van der Waals surface area contributed by atoms with Gasteiger partial charge in [0.25, 0.3) is 0 Å². The fourth-order valence-corrected chi connectivity index (χ4v) is 2.10. The van der Waals surface area contributed by atoms with Gasteiger partial charge in [-0.3, -0.25) is 4.79 Å². The highest BCUT2D eigenvalue weighted by Gasteiger charge is 2.18. The maximum atomic E-state index is 13.5. The van der Waals surface area contributed by atoms with Crippen LogP contribution in [0.15, 0.2) is 18.2 Å². The number of amides is 1. The van der Waals surface area contributed by atoms with Gasteiger partial charge in [-0.2, -0.15) is 0 Å². The molecule has 3 nitrogen and oxygen atoms in total. The van der Waals surface area contributed by atoms with Gasteiger partial charge in [0.1, 0.15) is 5.82 Å². The largest absolute Gasteiger partial charge is 0.379 e. The molecular formula is C12H14ClFN2O. The first-order valence-corrected chi connectivity index (χ1v) is 6.01. The van der Waals surface area contributed by atoms with Gasteiger partial charge in [-0.15, -0.1) is 0 Å². The van der Waals surface area contributed by atoms with Crippen molar-refractivity contribution in [3.63, 3.8) is 0 Å². The van der Waals surface area contributed by atoms with E-state index in [0.29, 0.717) is 23.7 Å². The van der Waals surface area contributed by atoms with E-state index >= 15 is 0 Å². The van der Waals surface area contributed by atoms with Crippen LogP contribution in [0.3, 0.4) is 0 Å². The van der Waals surface area contributed by atoms with Crippen molar-refractivity contribution in [2.45, 2.75) is 25.3 Å². The molecule has 17 heavy (non-hydrogen) atoms. The molecule has 0 radical (unpaired) electrons. The quantitative estimate of drug-likeness (QED) is 0.854. The molecule has 1 fully saturated rings. The van der Waals surface area contributed by atoms with Crippen molar-refractivity contribution >= 4 is 23.2 Å². The Labute approximate surface area is 104 Å². The van der Waals surface area contributed by atoms with E-state index in [1.54, 1.807) is 6.07 Å². The number of carbonyl (C=O) groups excluding carboxylic acids is 1. The lowest BCUT2D eigenvalue weighted by Gasteiger charge is -2.17. The average molecular weight is 257 g/mol. The molecule has 1 atom stereocenters. The molecule has 2 rings (SSSR count). The highest BCUT2D eigenvalue weighted by Crippen LogP contribution is 2.22. The van der Waals surface area contributed by atoms with Crippen LogP contribution in [0.5, 0.6) is 0 Å². The third kappa shape index (κ3) is 3.33. The molecule has 0 aromatic heterocycles. The van der Waals surface area contributed by atoms with E-state index in [9.17, 15) is 9.18 Å². The minimum Gasteiger partial charge on any atom is -0.379 e. The molecule has 0 aliphatic carbocycles. The van der Waals surface area contributed by atoms with Crippen LogP contribution in [-0.4, -0.2) is 18.5 Å². The Morgan fingerprint density at radius 1 is 1.47 bits per heavy atom. The van der Waals surface area contributed by atoms with Crippen molar-refractivity contribution in [1.82, 2.24) is 5.32 Å². The van der Waals surface area contributed by atoms with E-state index in [4.69, 9.17) is 11.6 Å². The van der Waals surface area contributed by atoms with Crippen molar-refractivity contribution in [2.75, 3.05) is 11.9 Å². The van der Waals surface area contributed by atoms with Gasteiger partial charge in [0.15, 0.2) is 0 Å². The second kappa shape index (κ2) is 5.36. The Balaban J connectivity index is 2.08. The van der Waals surface area contributed by atoms with Crippen LogP contribution in [0.1, 0.15) is 19.3 Å². The second-order valence-electron chi connectivity index (χ2n) is 4.16. The van der Waals surface area contributed by atoms with E-state index in [-0.39, 0.29) is 17.8 Å². The van der Waals surface area contributed by atoms with Crippen LogP contribution < -0.4 is 10.6 Å². The number of anilines is 1. The lowest BCUT2D eigenvalue weighted by molar-refractivity contribution is -0.120. The lowest BCUT2D eigenvalue weighted by atomic mass is 10.1. The number of rotatable bonds is 2. The Morgan fingerprint density at radius 3 is 3.12 bits per heavy atom. The van der Waals surface area contributed by atoms with E-state index < -0.39 is 0 Å². The van der Waals surface area contributed by atoms with Crippen LogP contribution in [0.2, 0.25) is 5.02 Å². The lowest BCUT2D eigenvalue weighted by Crippen LogP contribution is -2.27. The molecule has 1 aliphatic rings. The van der Waals surface area contributed by atoms with Gasteiger partial charge in [0.05, 0.1) is 5.69 Å². The highest BCUT2D eigenvalue weighted by atomic mass is 35.5. The Bertz CT molecular complexity index is 425. The second-order valence-corrected chi connectivity index (χ2v) is 4.60. The zero-order chi connectivity index (χ0) is 12.3. The maximum absolute atomic E-state index is 13.5. The van der Waals surface area contributed by atoms with Crippen molar-refractivity contribution in [3.05, 3.63) is 29.0 Å². The van der Waals surface area contributed by atoms with Crippen LogP contribution in [0.25, 0.3) is 0 Å². The molecule has 1 saturated heterocycles. The van der Waals surface area contributed by atoms with Gasteiger partial charge < -0.3 is 10.6 Å². The summed E-state index contributed by atoms with van der Waals surface area (Å²) < 4.78 is 13.5. The summed E-state index contributed by atoms with van der Waals surface area (Å²) in [7, 11) is 0. The number of benzene rings is 1. The monoisotopic (exact) mass is 256 g/mol. The molecule has 92 valence electrons. The Hall–Kier alpha value is -1.29. The summed E-state index contributed by atoms with van der Waals surface area (Å²) in [5.74, 6) is -0.346. The van der Waals surface area contributed by atoms with Gasteiger partial charge in [0.2, 0.25) is 5.91 Å². The fourth-order valence-electron chi connectivity index (χ4n) is 1.93. The van der Waals surface area contributed by atoms with Crippen molar-refractivity contribution in [3.8, 4) is 0 Å². The number of hydrogen-bond donors (Lipinski definition) is 2. The zero-order valence-electron chi connectivity index (χ0n) is 9.30. The first-order chi connectivity index (χ1) is 8.15. The number of hydrogen-bond acceptors (Lipinski definition) is 2. The summed E-state index contributed by atoms with van der Waals surface area (Å²) in [6, 6.07) is 4.33. The fraction of sp³-hybridized carbons (Fsp3) is 0.417. The molecule has 0 bridgehead atoms. The molecule has 1 aromatic carbocycles. The minimum absolute atomic E-state index is 0.00226. The molecule has 1 heterocycles. The normalized spacial score (nSPS) is 20.6. The van der Waals surface area contributed by atoms with Gasteiger partial charge in [0, 0.05) is 24.0 Å². The molecule has 1 amide bonds. The summed E-state index contributed by atoms with van der Waals surface area (Å²) in [6.45, 7) is 0.690. The molecule has 1 aromatic rings. The van der Waals surface area contributed by atoms with Gasteiger partial charge in [-0.1, -0.05) is 11.6 Å². The van der Waals surface area contributed by atoms with Gasteiger partial charge in [-0.05, 0) is 31.0 Å². The van der Waals surface area contributed by atoms with Crippen LogP contribution in [-0.2, 0) is 4.79 Å². The van der Waals surface area contributed by atoms with Crippen LogP contribution in [0, 0.1) is 5.82 Å². The van der Waals surface area contributed by atoms with E-state index in [1.165, 1.54) is 12.1 Å². The third-order valence-corrected chi connectivity index (χ3v) is 3.01. The molecule has 2 N–H and O–H groups in total. The molecular weight excluding hydrogens is 243 g/mol. The summed E-state index contributed by atoms with van der Waals surface area (Å²) in [4.78, 5) is 11.4. The molecule has 5 heteroatoms. The summed E-state index contributed by atoms with van der Waals surface area (Å²) in [6.07, 6.45) is 2.10. The molecule has 0 spiro atoms. The predicted octanol–water partition coefficient (Wildman–Crippen LogP) is 2.56. The van der Waals surface area contributed by atoms with Crippen LogP contribution in [0.4, 0.5) is 10.1 Å². The molecule has 1 unspecified atom stereocenters. The predicted molar refractivity (Wildman–Crippen MR) is 65.7 cm³/mol. The maximum Gasteiger partial charge on any atom is 0.222 e. The van der Waals surface area contributed by atoms with Gasteiger partial charge in [-0.25, -0.2) is 4.39 Å². The number of nitrogens with one attached hydrogen (secondary N) is 2. The van der Waals surface area contributed by atoms with Crippen LogP contribution >= 0.6 is 11.6 Å². The third-order valence-electron chi connectivity index (χ3n) is 2.77. The average Bonchev–Trinajstić information content (AvgIpc) is 2.48. The van der Waals surface area contributed by atoms with Crippen molar-refractivity contribution in [1.29, 1.82) is 0 Å². The SMILES string of the molecule is O=C1CC(Nc2cc(Cl)ccc2F)CCCN1. The van der Waals surface area contributed by atoms with Gasteiger partial charge >= 0.3 is 0 Å². The first-order valence-electron chi connectivity index (χ1n) is 5.63. The highest BCUT2D eigenvalue weighted by molar-refractivity contribution is 6.30. The standard InChI is InChI=1S/C12H14ClFN2O/c13-8-3-4-10(14)11(6-8)16-9-2-1-5-15-12(17)7-9/h3-4,6,9,16H,1-2,5,7H2,(H,15,17). The minimum atomic E-state index is -0.348. The number of halogens is 2. The molecule has 1 aliphatic heterocycles. The smallest absolute Gasteiger partial charge is 0.222 e. The van der Waals surface area contributed by atoms with E-state index in [1.807, 2.05) is 0 Å². The van der Waals surface area contributed by atoms with Crippen molar-refractivity contribution < 1.29 is 9.18 Å². The van der Waals surface area contributed by atoms with E-state index in [2.05, 4.69) is 10.6 Å². The first kappa shape index (κ1) is 12.2. The zero-order valence-corrected chi connectivity index (χ0v) is 10.1. The topological polar surface area (TPSA) is 41.1 Å².